The molecule has 1 amide bonds. The number of halogens is 1. The molecule has 0 fully saturated rings. The summed E-state index contributed by atoms with van der Waals surface area (Å²) in [5.74, 6) is -8.45. The molecule has 0 aliphatic heterocycles. The van der Waals surface area contributed by atoms with Crippen LogP contribution in [0.4, 0.5) is 5.69 Å². The zero-order valence-corrected chi connectivity index (χ0v) is 16.7. The zero-order chi connectivity index (χ0) is 22.5. The smallest absolute Gasteiger partial charge is 0.357 e. The molecule has 0 aromatic heterocycles. The van der Waals surface area contributed by atoms with Crippen LogP contribution in [-0.2, 0) is 38.8 Å². The summed E-state index contributed by atoms with van der Waals surface area (Å²) in [6, 6.07) is 2.19. The normalized spacial score (nSPS) is 12.7. The Labute approximate surface area is 169 Å². The Balaban J connectivity index is 3.43. The first-order valence-corrected chi connectivity index (χ1v) is 9.21. The molecule has 14 heteroatoms. The maximum absolute atomic E-state index is 12.4. The van der Waals surface area contributed by atoms with Crippen molar-refractivity contribution in [2.24, 2.45) is 11.1 Å². The summed E-state index contributed by atoms with van der Waals surface area (Å²) in [7, 11) is -3.18. The van der Waals surface area contributed by atoms with E-state index in [0.29, 0.717) is 5.56 Å². The van der Waals surface area contributed by atoms with Crippen molar-refractivity contribution in [3.63, 3.8) is 0 Å². The zero-order valence-electron chi connectivity index (χ0n) is 15.1. The second-order valence-corrected chi connectivity index (χ2v) is 7.14. The largest absolute Gasteiger partial charge is 0.468 e. The molecule has 158 valence electrons. The summed E-state index contributed by atoms with van der Waals surface area (Å²) in [5.41, 5.74) is -1.49. The summed E-state index contributed by atoms with van der Waals surface area (Å²) in [6.07, 6.45) is 0. The summed E-state index contributed by atoms with van der Waals surface area (Å²) in [4.78, 5) is 47.5. The molecule has 0 unspecified atom stereocenters. The van der Waals surface area contributed by atoms with Crippen LogP contribution >= 0.6 is 11.6 Å². The van der Waals surface area contributed by atoms with Gasteiger partial charge in [-0.3, -0.25) is 18.9 Å². The van der Waals surface area contributed by atoms with E-state index in [9.17, 15) is 32.1 Å². The average molecular weight is 451 g/mol. The fourth-order valence-electron chi connectivity index (χ4n) is 2.12. The van der Waals surface area contributed by atoms with Crippen LogP contribution in [0.25, 0.3) is 0 Å². The minimum Gasteiger partial charge on any atom is -0.468 e. The highest BCUT2D eigenvalue weighted by molar-refractivity contribution is 7.86. The lowest BCUT2D eigenvalue weighted by Crippen LogP contribution is -2.43. The Kier molecular flexibility index (Phi) is 7.82. The van der Waals surface area contributed by atoms with E-state index in [1.165, 1.54) is 13.0 Å². The van der Waals surface area contributed by atoms with Gasteiger partial charge < -0.3 is 20.0 Å². The number of nitrogens with one attached hydrogen (secondary N) is 1. The Bertz CT molecular complexity index is 1000. The summed E-state index contributed by atoms with van der Waals surface area (Å²) in [5, 5.41) is 13.0. The predicted molar refractivity (Wildman–Crippen MR) is 96.4 cm³/mol. The lowest BCUT2D eigenvalue weighted by Gasteiger charge is -2.15. The highest BCUT2D eigenvalue weighted by Gasteiger charge is 2.42. The SMILES string of the molecule is COC(=O)/C(=N\O)[C@@H](C(=O)OC)C(=O)C(=O)Nc1c(Cl)cc(C)cc1S(=O)(=O)O. The Morgan fingerprint density at radius 1 is 1.17 bits per heavy atom. The third-order valence-corrected chi connectivity index (χ3v) is 4.59. The summed E-state index contributed by atoms with van der Waals surface area (Å²) in [6.45, 7) is 1.45. The molecule has 1 aromatic rings. The van der Waals surface area contributed by atoms with E-state index < -0.39 is 56.0 Å². The van der Waals surface area contributed by atoms with Gasteiger partial charge in [0.05, 0.1) is 24.9 Å². The minimum absolute atomic E-state index is 0.305. The van der Waals surface area contributed by atoms with E-state index in [1.54, 1.807) is 0 Å². The van der Waals surface area contributed by atoms with Crippen molar-refractivity contribution in [2.45, 2.75) is 11.8 Å². The second kappa shape index (κ2) is 9.45. The van der Waals surface area contributed by atoms with E-state index in [4.69, 9.17) is 16.8 Å². The van der Waals surface area contributed by atoms with Crippen LogP contribution in [0, 0.1) is 12.8 Å². The first-order chi connectivity index (χ1) is 13.4. The highest BCUT2D eigenvalue weighted by Crippen LogP contribution is 2.31. The van der Waals surface area contributed by atoms with Crippen LogP contribution in [0.5, 0.6) is 0 Å². The molecular weight excluding hydrogens is 436 g/mol. The van der Waals surface area contributed by atoms with Gasteiger partial charge in [0.1, 0.15) is 4.90 Å². The second-order valence-electron chi connectivity index (χ2n) is 5.35. The van der Waals surface area contributed by atoms with Crippen molar-refractivity contribution in [2.75, 3.05) is 19.5 Å². The topological polar surface area (TPSA) is 186 Å². The number of carbonyl (C=O) groups is 4. The molecule has 12 nitrogen and oxygen atoms in total. The molecule has 1 atom stereocenters. The van der Waals surface area contributed by atoms with Crippen molar-refractivity contribution < 1.29 is 46.8 Å². The number of oxime groups is 1. The van der Waals surface area contributed by atoms with Gasteiger partial charge in [0, 0.05) is 0 Å². The molecule has 0 bridgehead atoms. The number of esters is 2. The number of nitrogens with zero attached hydrogens (tertiary/aromatic N) is 1. The van der Waals surface area contributed by atoms with Gasteiger partial charge >= 0.3 is 11.9 Å². The van der Waals surface area contributed by atoms with Crippen LogP contribution in [0.3, 0.4) is 0 Å². The number of aryl methyl sites for hydroxylation is 1. The minimum atomic E-state index is -4.87. The third-order valence-electron chi connectivity index (χ3n) is 3.41. The maximum Gasteiger partial charge on any atom is 0.357 e. The van der Waals surface area contributed by atoms with Crippen LogP contribution < -0.4 is 5.32 Å². The lowest BCUT2D eigenvalue weighted by molar-refractivity contribution is -0.150. The van der Waals surface area contributed by atoms with Gasteiger partial charge in [-0.15, -0.1) is 0 Å². The van der Waals surface area contributed by atoms with Crippen molar-refractivity contribution in [3.8, 4) is 0 Å². The van der Waals surface area contributed by atoms with Gasteiger partial charge in [-0.25, -0.2) is 4.79 Å². The number of amides is 1. The van der Waals surface area contributed by atoms with Gasteiger partial charge in [-0.2, -0.15) is 8.42 Å². The van der Waals surface area contributed by atoms with Gasteiger partial charge in [-0.1, -0.05) is 16.8 Å². The van der Waals surface area contributed by atoms with Crippen LogP contribution in [0.15, 0.2) is 22.2 Å². The first kappa shape index (κ1) is 24.0. The molecule has 3 N–H and O–H groups in total. The molecule has 0 saturated heterocycles. The van der Waals surface area contributed by atoms with Crippen LogP contribution in [0.1, 0.15) is 5.56 Å². The van der Waals surface area contributed by atoms with Crippen molar-refractivity contribution >= 4 is 56.7 Å². The molecule has 0 aliphatic carbocycles. The van der Waals surface area contributed by atoms with Crippen LogP contribution in [-0.4, -0.2) is 61.7 Å². The van der Waals surface area contributed by atoms with Gasteiger partial charge in [0.15, 0.2) is 11.6 Å². The number of rotatable bonds is 7. The fraction of sp³-hybridized carbons (Fsp3) is 0.267. The number of benzene rings is 1. The molecule has 0 spiro atoms. The van der Waals surface area contributed by atoms with Gasteiger partial charge in [0.25, 0.3) is 16.0 Å². The average Bonchev–Trinajstić information content (AvgIpc) is 2.65. The van der Waals surface area contributed by atoms with Gasteiger partial charge in [0.2, 0.25) is 5.78 Å². The number of methoxy groups -OCH3 is 2. The molecule has 0 aliphatic rings. The summed E-state index contributed by atoms with van der Waals surface area (Å²) >= 11 is 5.89. The quantitative estimate of drug-likeness (QED) is 0.0984. The predicted octanol–water partition coefficient (Wildman–Crippen LogP) is 0.195. The molecule has 0 saturated carbocycles. The monoisotopic (exact) mass is 450 g/mol. The number of hydrogen-bond donors (Lipinski definition) is 3. The number of ketones is 1. The maximum atomic E-state index is 12.4. The molecule has 0 heterocycles. The van der Waals surface area contributed by atoms with Crippen molar-refractivity contribution in [1.29, 1.82) is 0 Å². The van der Waals surface area contributed by atoms with E-state index in [2.05, 4.69) is 14.6 Å². The molecule has 29 heavy (non-hydrogen) atoms. The van der Waals surface area contributed by atoms with Crippen molar-refractivity contribution in [1.82, 2.24) is 0 Å². The standard InChI is InChI=1S/C15H15ClN2O10S/c1-6-4-7(16)10(8(5-6)29(24,25)26)17-13(20)12(19)9(14(21)27-2)11(18-23)15(22)28-3/h4-5,9,23H,1-3H3,(H,17,20)(H,24,25,26)/b18-11-/t9-/m1/s1. The van der Waals surface area contributed by atoms with E-state index in [1.807, 2.05) is 5.32 Å². The number of ether oxygens (including phenoxy) is 2. The van der Waals surface area contributed by atoms with Gasteiger partial charge in [-0.05, 0) is 24.6 Å². The lowest BCUT2D eigenvalue weighted by atomic mass is 9.97. The molecule has 1 rings (SSSR count). The summed E-state index contributed by atoms with van der Waals surface area (Å²) < 4.78 is 41.0. The Morgan fingerprint density at radius 3 is 2.21 bits per heavy atom. The van der Waals surface area contributed by atoms with E-state index in [0.717, 1.165) is 20.3 Å². The third kappa shape index (κ3) is 5.49. The highest BCUT2D eigenvalue weighted by atomic mass is 35.5. The number of hydrogen-bond acceptors (Lipinski definition) is 10. The Hall–Kier alpha value is -3.03. The fourth-order valence-corrected chi connectivity index (χ4v) is 3.25. The molecular formula is C15H15ClN2O10S. The molecule has 1 aromatic carbocycles. The number of Topliss-reactive ketones (excluding diaryl/α,β-unsaturated/α-hetero) is 1. The van der Waals surface area contributed by atoms with Crippen molar-refractivity contribution in [3.05, 3.63) is 22.7 Å². The van der Waals surface area contributed by atoms with E-state index >= 15 is 0 Å². The Morgan fingerprint density at radius 2 is 1.76 bits per heavy atom. The van der Waals surface area contributed by atoms with E-state index in [-0.39, 0.29) is 5.02 Å². The number of anilines is 1. The molecule has 0 radical (unpaired) electrons. The first-order valence-electron chi connectivity index (χ1n) is 7.39. The van der Waals surface area contributed by atoms with Crippen LogP contribution in [0.2, 0.25) is 5.02 Å². The number of carbonyl (C=O) groups excluding carboxylic acids is 4.